The number of piperidine rings is 2. The second-order valence-corrected chi connectivity index (χ2v) is 3.52. The molecule has 0 radical (unpaired) electrons. The molecule has 2 saturated carbocycles. The monoisotopic (exact) mass is 123 g/mol. The highest BCUT2D eigenvalue weighted by molar-refractivity contribution is 6.06. The predicted molar refractivity (Wildman–Crippen MR) is 32.0 cm³/mol. The summed E-state index contributed by atoms with van der Waals surface area (Å²) in [5.74, 6) is 1.01. The van der Waals surface area contributed by atoms with Gasteiger partial charge in [-0.1, -0.05) is 0 Å². The Morgan fingerprint density at radius 2 is 2.56 bits per heavy atom. The van der Waals surface area contributed by atoms with Gasteiger partial charge in [0.05, 0.1) is 5.41 Å². The van der Waals surface area contributed by atoms with Gasteiger partial charge in [0, 0.05) is 18.5 Å². The van der Waals surface area contributed by atoms with Crippen molar-refractivity contribution in [3.63, 3.8) is 0 Å². The average molecular weight is 123 g/mol. The Morgan fingerprint density at radius 3 is 2.78 bits per heavy atom. The van der Waals surface area contributed by atoms with Gasteiger partial charge in [0.15, 0.2) is 0 Å². The minimum absolute atomic E-state index is 0.185. The lowest BCUT2D eigenvalue weighted by atomic mass is 10.0. The van der Waals surface area contributed by atoms with Crippen molar-refractivity contribution in [2.24, 2.45) is 11.3 Å². The molecule has 0 aromatic rings. The molecule has 48 valence electrons. The van der Waals surface area contributed by atoms with Crippen molar-refractivity contribution in [3.05, 3.63) is 0 Å². The molecule has 0 aromatic carbocycles. The van der Waals surface area contributed by atoms with Gasteiger partial charge in [-0.15, -0.1) is 0 Å². The maximum absolute atomic E-state index is 11.0. The van der Waals surface area contributed by atoms with Gasteiger partial charge < -0.3 is 5.32 Å². The summed E-state index contributed by atoms with van der Waals surface area (Å²) in [5, 5.41) is 3.36. The zero-order chi connectivity index (χ0) is 6.06. The van der Waals surface area contributed by atoms with Crippen LogP contribution in [0.1, 0.15) is 12.8 Å². The van der Waals surface area contributed by atoms with E-state index in [4.69, 9.17) is 0 Å². The molecule has 2 nitrogen and oxygen atoms in total. The SMILES string of the molecule is O=C1C2C3CCC12CN3. The molecule has 1 saturated heterocycles. The average Bonchev–Trinajstić information content (AvgIpc) is 2.34. The first-order chi connectivity index (χ1) is 4.34. The molecule has 3 rings (SSSR count). The van der Waals surface area contributed by atoms with E-state index in [2.05, 4.69) is 5.32 Å². The van der Waals surface area contributed by atoms with E-state index >= 15 is 0 Å². The van der Waals surface area contributed by atoms with Crippen molar-refractivity contribution >= 4 is 5.78 Å². The summed E-state index contributed by atoms with van der Waals surface area (Å²) in [6.45, 7) is 0.987. The fraction of sp³-hybridized carbons (Fsp3) is 0.857. The summed E-state index contributed by atoms with van der Waals surface area (Å²) >= 11 is 0. The van der Waals surface area contributed by atoms with Crippen LogP contribution in [0, 0.1) is 11.3 Å². The van der Waals surface area contributed by atoms with Gasteiger partial charge in [-0.2, -0.15) is 0 Å². The molecule has 1 N–H and O–H groups in total. The first kappa shape index (κ1) is 4.45. The molecular weight excluding hydrogens is 114 g/mol. The number of hydrogen-bond donors (Lipinski definition) is 1. The van der Waals surface area contributed by atoms with E-state index in [1.807, 2.05) is 0 Å². The number of hydrogen-bond acceptors (Lipinski definition) is 2. The Hall–Kier alpha value is -0.370. The van der Waals surface area contributed by atoms with Crippen molar-refractivity contribution in [2.45, 2.75) is 18.9 Å². The third-order valence-electron chi connectivity index (χ3n) is 3.27. The van der Waals surface area contributed by atoms with Gasteiger partial charge in [-0.25, -0.2) is 0 Å². The standard InChI is InChI=1S/C7H9NO/c9-6-5-4-1-2-7(5,6)3-8-4/h4-5,8H,1-3H2. The first-order valence-electron chi connectivity index (χ1n) is 3.62. The molecular formula is C7H9NO. The molecule has 2 bridgehead atoms. The number of carbonyl (C=O) groups is 1. The molecule has 0 spiro atoms. The van der Waals surface area contributed by atoms with Crippen LogP contribution in [0.2, 0.25) is 0 Å². The van der Waals surface area contributed by atoms with Crippen LogP contribution >= 0.6 is 0 Å². The number of carbonyl (C=O) groups excluding carboxylic acids is 1. The largest absolute Gasteiger partial charge is 0.312 e. The fourth-order valence-corrected chi connectivity index (χ4v) is 2.66. The molecule has 3 fully saturated rings. The van der Waals surface area contributed by atoms with Gasteiger partial charge in [0.1, 0.15) is 5.78 Å². The minimum Gasteiger partial charge on any atom is -0.312 e. The molecule has 3 atom stereocenters. The molecule has 0 amide bonds. The molecule has 3 aliphatic rings. The van der Waals surface area contributed by atoms with E-state index in [0.717, 1.165) is 6.54 Å². The smallest absolute Gasteiger partial charge is 0.146 e. The summed E-state index contributed by atoms with van der Waals surface area (Å²) in [6, 6.07) is 0.581. The molecule has 1 aliphatic heterocycles. The Kier molecular flexibility index (Phi) is 0.477. The van der Waals surface area contributed by atoms with Crippen molar-refractivity contribution in [3.8, 4) is 0 Å². The minimum atomic E-state index is 0.185. The van der Waals surface area contributed by atoms with Crippen molar-refractivity contribution in [2.75, 3.05) is 6.54 Å². The van der Waals surface area contributed by atoms with E-state index in [1.165, 1.54) is 12.8 Å². The Balaban J connectivity index is 2.13. The number of nitrogens with one attached hydrogen (secondary N) is 1. The number of rotatable bonds is 0. The van der Waals surface area contributed by atoms with E-state index in [9.17, 15) is 4.79 Å². The molecule has 2 heteroatoms. The highest BCUT2D eigenvalue weighted by atomic mass is 16.1. The molecule has 0 aromatic heterocycles. The summed E-state index contributed by atoms with van der Waals surface area (Å²) in [4.78, 5) is 11.0. The zero-order valence-corrected chi connectivity index (χ0v) is 5.18. The lowest BCUT2D eigenvalue weighted by Crippen LogP contribution is -2.33. The molecule has 2 aliphatic carbocycles. The van der Waals surface area contributed by atoms with Crippen molar-refractivity contribution < 1.29 is 4.79 Å². The number of Topliss-reactive ketones (excluding diaryl/α,β-unsaturated/α-hetero) is 1. The predicted octanol–water partition coefficient (Wildman–Crippen LogP) is -0.0627. The third kappa shape index (κ3) is 0.275. The van der Waals surface area contributed by atoms with E-state index in [1.54, 1.807) is 0 Å². The van der Waals surface area contributed by atoms with Crippen LogP contribution in [-0.2, 0) is 4.79 Å². The van der Waals surface area contributed by atoms with E-state index in [-0.39, 0.29) is 5.41 Å². The molecule has 9 heavy (non-hydrogen) atoms. The second kappa shape index (κ2) is 0.966. The van der Waals surface area contributed by atoms with Crippen molar-refractivity contribution in [1.29, 1.82) is 0 Å². The van der Waals surface area contributed by atoms with Crippen LogP contribution in [0.4, 0.5) is 0 Å². The Morgan fingerprint density at radius 1 is 1.67 bits per heavy atom. The van der Waals surface area contributed by atoms with Crippen LogP contribution in [0.25, 0.3) is 0 Å². The first-order valence-corrected chi connectivity index (χ1v) is 3.62. The summed E-state index contributed by atoms with van der Waals surface area (Å²) in [6.07, 6.45) is 2.42. The van der Waals surface area contributed by atoms with Gasteiger partial charge in [-0.3, -0.25) is 4.79 Å². The van der Waals surface area contributed by atoms with Crippen LogP contribution < -0.4 is 5.32 Å². The summed E-state index contributed by atoms with van der Waals surface area (Å²) in [5.41, 5.74) is 0.185. The van der Waals surface area contributed by atoms with Crippen molar-refractivity contribution in [1.82, 2.24) is 5.32 Å². The van der Waals surface area contributed by atoms with Crippen LogP contribution in [-0.4, -0.2) is 18.4 Å². The number of ketones is 1. The highest BCUT2D eigenvalue weighted by Crippen LogP contribution is 2.62. The van der Waals surface area contributed by atoms with Crippen LogP contribution in [0.15, 0.2) is 0 Å². The summed E-state index contributed by atoms with van der Waals surface area (Å²) < 4.78 is 0. The second-order valence-electron chi connectivity index (χ2n) is 3.52. The third-order valence-corrected chi connectivity index (χ3v) is 3.27. The Bertz CT molecular complexity index is 191. The normalized spacial score (nSPS) is 60.2. The van der Waals surface area contributed by atoms with E-state index < -0.39 is 0 Å². The van der Waals surface area contributed by atoms with E-state index in [0.29, 0.717) is 17.7 Å². The lowest BCUT2D eigenvalue weighted by Gasteiger charge is -2.16. The lowest BCUT2D eigenvalue weighted by molar-refractivity contribution is -0.115. The van der Waals surface area contributed by atoms with Gasteiger partial charge in [0.25, 0.3) is 0 Å². The topological polar surface area (TPSA) is 29.1 Å². The van der Waals surface area contributed by atoms with Gasteiger partial charge >= 0.3 is 0 Å². The maximum Gasteiger partial charge on any atom is 0.146 e. The fourth-order valence-electron chi connectivity index (χ4n) is 2.66. The molecule has 1 heterocycles. The maximum atomic E-state index is 11.0. The highest BCUT2D eigenvalue weighted by Gasteiger charge is 2.74. The zero-order valence-electron chi connectivity index (χ0n) is 5.18. The summed E-state index contributed by atoms with van der Waals surface area (Å²) in [7, 11) is 0. The van der Waals surface area contributed by atoms with Gasteiger partial charge in [0.2, 0.25) is 0 Å². The Labute approximate surface area is 53.6 Å². The molecule has 3 unspecified atom stereocenters. The quantitative estimate of drug-likeness (QED) is 0.489. The van der Waals surface area contributed by atoms with Crippen LogP contribution in [0.3, 0.4) is 0 Å². The van der Waals surface area contributed by atoms with Gasteiger partial charge in [-0.05, 0) is 12.8 Å². The van der Waals surface area contributed by atoms with Crippen LogP contribution in [0.5, 0.6) is 0 Å².